The Balaban J connectivity index is 2.02. The lowest BCUT2D eigenvalue weighted by atomic mass is 10.1. The molecule has 2 N–H and O–H groups in total. The van der Waals surface area contributed by atoms with E-state index >= 15 is 0 Å². The van der Waals surface area contributed by atoms with Gasteiger partial charge in [0.1, 0.15) is 0 Å². The van der Waals surface area contributed by atoms with Crippen molar-refractivity contribution in [3.63, 3.8) is 0 Å². The number of nitrogens with one attached hydrogen (secondary N) is 2. The molecule has 2 rings (SSSR count). The van der Waals surface area contributed by atoms with Gasteiger partial charge in [-0.3, -0.25) is 0 Å². The summed E-state index contributed by atoms with van der Waals surface area (Å²) in [6.45, 7) is 1.64. The highest BCUT2D eigenvalue weighted by molar-refractivity contribution is 7.87. The Kier molecular flexibility index (Phi) is 4.87. The molecule has 21 heavy (non-hydrogen) atoms. The summed E-state index contributed by atoms with van der Waals surface area (Å²) in [5, 5.41) is 3.03. The summed E-state index contributed by atoms with van der Waals surface area (Å²) in [6.07, 6.45) is -4.44. The lowest BCUT2D eigenvalue weighted by Gasteiger charge is -2.26. The molecule has 0 atom stereocenters. The second-order valence-corrected chi connectivity index (χ2v) is 6.43. The molecular weight excluding hydrogens is 307 g/mol. The van der Waals surface area contributed by atoms with Gasteiger partial charge in [-0.1, -0.05) is 18.2 Å². The summed E-state index contributed by atoms with van der Waals surface area (Å²) in [4.78, 5) is 0. The van der Waals surface area contributed by atoms with E-state index in [1.807, 2.05) is 0 Å². The van der Waals surface area contributed by atoms with Gasteiger partial charge in [0.25, 0.3) is 10.2 Å². The zero-order chi connectivity index (χ0) is 15.5. The molecule has 0 aromatic heterocycles. The number of rotatable bonds is 4. The molecule has 1 saturated heterocycles. The van der Waals surface area contributed by atoms with E-state index in [9.17, 15) is 21.6 Å². The minimum atomic E-state index is -4.44. The molecule has 118 valence electrons. The minimum absolute atomic E-state index is 0.170. The normalized spacial score (nSPS) is 17.9. The Bertz CT molecular complexity index is 584. The third kappa shape index (κ3) is 4.40. The standard InChI is InChI=1S/C12H16F3N3O2S/c13-12(14,15)11-3-1-2-10(8-11)9-17-21(19,20)18-6-4-16-5-7-18/h1-3,8,16-17H,4-7,9H2. The van der Waals surface area contributed by atoms with Gasteiger partial charge in [0.2, 0.25) is 0 Å². The van der Waals surface area contributed by atoms with Crippen LogP contribution in [0.25, 0.3) is 0 Å². The first-order valence-corrected chi connectivity index (χ1v) is 7.85. The topological polar surface area (TPSA) is 61.4 Å². The van der Waals surface area contributed by atoms with Crippen LogP contribution in [0.15, 0.2) is 24.3 Å². The number of hydrogen-bond acceptors (Lipinski definition) is 3. The minimum Gasteiger partial charge on any atom is -0.314 e. The average Bonchev–Trinajstić information content (AvgIpc) is 2.46. The summed E-state index contributed by atoms with van der Waals surface area (Å²) in [7, 11) is -3.67. The summed E-state index contributed by atoms with van der Waals surface area (Å²) in [5.41, 5.74) is -0.523. The SMILES string of the molecule is O=S(=O)(NCc1cccc(C(F)(F)F)c1)N1CCNCC1. The van der Waals surface area contributed by atoms with E-state index in [-0.39, 0.29) is 12.1 Å². The number of hydrogen-bond donors (Lipinski definition) is 2. The Morgan fingerprint density at radius 2 is 1.90 bits per heavy atom. The van der Waals surface area contributed by atoms with Crippen LogP contribution in [0.2, 0.25) is 0 Å². The van der Waals surface area contributed by atoms with Crippen LogP contribution in [-0.2, 0) is 22.9 Å². The maximum atomic E-state index is 12.6. The van der Waals surface area contributed by atoms with Crippen molar-refractivity contribution >= 4 is 10.2 Å². The highest BCUT2D eigenvalue weighted by atomic mass is 32.2. The molecule has 1 fully saturated rings. The van der Waals surface area contributed by atoms with Crippen molar-refractivity contribution in [1.29, 1.82) is 0 Å². The highest BCUT2D eigenvalue weighted by Gasteiger charge is 2.30. The van der Waals surface area contributed by atoms with Crippen LogP contribution >= 0.6 is 0 Å². The fourth-order valence-corrected chi connectivity index (χ4v) is 3.20. The second kappa shape index (κ2) is 6.30. The van der Waals surface area contributed by atoms with Crippen molar-refractivity contribution in [2.24, 2.45) is 0 Å². The molecule has 0 spiro atoms. The lowest BCUT2D eigenvalue weighted by molar-refractivity contribution is -0.137. The number of nitrogens with zero attached hydrogens (tertiary/aromatic N) is 1. The van der Waals surface area contributed by atoms with Gasteiger partial charge >= 0.3 is 6.18 Å². The summed E-state index contributed by atoms with van der Waals surface area (Å²) < 4.78 is 65.3. The zero-order valence-electron chi connectivity index (χ0n) is 11.2. The fourth-order valence-electron chi connectivity index (χ4n) is 2.01. The van der Waals surface area contributed by atoms with Gasteiger partial charge in [-0.05, 0) is 11.6 Å². The third-order valence-corrected chi connectivity index (χ3v) is 4.68. The van der Waals surface area contributed by atoms with E-state index in [1.165, 1.54) is 16.4 Å². The van der Waals surface area contributed by atoms with Crippen LogP contribution in [0.1, 0.15) is 11.1 Å². The van der Waals surface area contributed by atoms with Crippen molar-refractivity contribution in [2.45, 2.75) is 12.7 Å². The number of piperazine rings is 1. The Labute approximate surface area is 121 Å². The monoisotopic (exact) mass is 323 g/mol. The van der Waals surface area contributed by atoms with Gasteiger partial charge in [-0.2, -0.15) is 30.6 Å². The molecule has 1 aliphatic rings. The molecule has 0 saturated carbocycles. The summed E-state index contributed by atoms with van der Waals surface area (Å²) in [6, 6.07) is 4.61. The van der Waals surface area contributed by atoms with Crippen LogP contribution in [0.5, 0.6) is 0 Å². The van der Waals surface area contributed by atoms with Gasteiger partial charge in [-0.25, -0.2) is 0 Å². The van der Waals surface area contributed by atoms with E-state index in [0.29, 0.717) is 26.2 Å². The van der Waals surface area contributed by atoms with Gasteiger partial charge in [0, 0.05) is 32.7 Å². The number of benzene rings is 1. The van der Waals surface area contributed by atoms with E-state index in [2.05, 4.69) is 10.0 Å². The molecule has 9 heteroatoms. The molecule has 5 nitrogen and oxygen atoms in total. The van der Waals surface area contributed by atoms with Gasteiger partial charge in [0.15, 0.2) is 0 Å². The first-order chi connectivity index (χ1) is 9.79. The molecule has 1 aliphatic heterocycles. The van der Waals surface area contributed by atoms with Crippen molar-refractivity contribution in [3.05, 3.63) is 35.4 Å². The van der Waals surface area contributed by atoms with Crippen LogP contribution in [0.3, 0.4) is 0 Å². The third-order valence-electron chi connectivity index (χ3n) is 3.13. The van der Waals surface area contributed by atoms with Gasteiger partial charge in [-0.15, -0.1) is 0 Å². The quantitative estimate of drug-likeness (QED) is 0.867. The molecule has 1 heterocycles. The van der Waals surface area contributed by atoms with Crippen LogP contribution in [0.4, 0.5) is 13.2 Å². The Morgan fingerprint density at radius 3 is 2.52 bits per heavy atom. The van der Waals surface area contributed by atoms with Gasteiger partial charge < -0.3 is 5.32 Å². The molecule has 0 bridgehead atoms. The summed E-state index contributed by atoms with van der Waals surface area (Å²) >= 11 is 0. The van der Waals surface area contributed by atoms with Crippen LogP contribution in [-0.4, -0.2) is 38.9 Å². The van der Waals surface area contributed by atoms with Gasteiger partial charge in [0.05, 0.1) is 5.56 Å². The van der Waals surface area contributed by atoms with E-state index in [1.54, 1.807) is 0 Å². The predicted octanol–water partition coefficient (Wildman–Crippen LogP) is 0.945. The first-order valence-electron chi connectivity index (χ1n) is 6.41. The first kappa shape index (κ1) is 16.2. The highest BCUT2D eigenvalue weighted by Crippen LogP contribution is 2.29. The predicted molar refractivity (Wildman–Crippen MR) is 71.6 cm³/mol. The largest absolute Gasteiger partial charge is 0.416 e. The van der Waals surface area contributed by atoms with Crippen molar-refractivity contribution < 1.29 is 21.6 Å². The average molecular weight is 323 g/mol. The number of halogens is 3. The second-order valence-electron chi connectivity index (χ2n) is 4.67. The summed E-state index contributed by atoms with van der Waals surface area (Å²) in [5.74, 6) is 0. The van der Waals surface area contributed by atoms with Crippen molar-refractivity contribution in [2.75, 3.05) is 26.2 Å². The molecule has 1 aromatic carbocycles. The zero-order valence-corrected chi connectivity index (χ0v) is 12.0. The van der Waals surface area contributed by atoms with E-state index in [4.69, 9.17) is 0 Å². The maximum absolute atomic E-state index is 12.6. The lowest BCUT2D eigenvalue weighted by Crippen LogP contribution is -2.50. The molecule has 0 aliphatic carbocycles. The van der Waals surface area contributed by atoms with Crippen LogP contribution in [0, 0.1) is 0 Å². The van der Waals surface area contributed by atoms with Crippen molar-refractivity contribution in [3.8, 4) is 0 Å². The fraction of sp³-hybridized carbons (Fsp3) is 0.500. The Hall–Kier alpha value is -1.16. The van der Waals surface area contributed by atoms with E-state index in [0.717, 1.165) is 12.1 Å². The molecule has 0 radical (unpaired) electrons. The molecule has 0 unspecified atom stereocenters. The van der Waals surface area contributed by atoms with Crippen molar-refractivity contribution in [1.82, 2.24) is 14.3 Å². The smallest absolute Gasteiger partial charge is 0.314 e. The molecular formula is C12H16F3N3O2S. The number of alkyl halides is 3. The maximum Gasteiger partial charge on any atom is 0.416 e. The molecule has 1 aromatic rings. The molecule has 0 amide bonds. The Morgan fingerprint density at radius 1 is 1.24 bits per heavy atom. The van der Waals surface area contributed by atoms with Crippen LogP contribution < -0.4 is 10.0 Å². The van der Waals surface area contributed by atoms with E-state index < -0.39 is 21.9 Å².